The smallest absolute Gasteiger partial charge is 0.254 e. The summed E-state index contributed by atoms with van der Waals surface area (Å²) in [6, 6.07) is 8.10. The molecule has 1 saturated heterocycles. The minimum atomic E-state index is -0.417. The van der Waals surface area contributed by atoms with Gasteiger partial charge in [0.05, 0.1) is 12.1 Å². The van der Waals surface area contributed by atoms with Gasteiger partial charge in [-0.3, -0.25) is 4.79 Å². The van der Waals surface area contributed by atoms with E-state index in [4.69, 9.17) is 4.74 Å². The summed E-state index contributed by atoms with van der Waals surface area (Å²) in [4.78, 5) is 14.4. The summed E-state index contributed by atoms with van der Waals surface area (Å²) in [7, 11) is 4.13. The van der Waals surface area contributed by atoms with Crippen LogP contribution >= 0.6 is 0 Å². The number of aromatic nitrogens is 1. The Bertz CT molecular complexity index is 674. The summed E-state index contributed by atoms with van der Waals surface area (Å²) < 4.78 is 7.70. The van der Waals surface area contributed by atoms with Gasteiger partial charge in [0.25, 0.3) is 5.91 Å². The molecule has 1 amide bonds. The number of hydrogen-bond acceptors (Lipinski definition) is 4. The van der Waals surface area contributed by atoms with Crippen molar-refractivity contribution < 1.29 is 9.53 Å². The third kappa shape index (κ3) is 3.90. The van der Waals surface area contributed by atoms with Gasteiger partial charge in [0, 0.05) is 38.1 Å². The Morgan fingerprint density at radius 2 is 2.30 bits per heavy atom. The van der Waals surface area contributed by atoms with Crippen molar-refractivity contribution in [3.63, 3.8) is 0 Å². The maximum absolute atomic E-state index is 12.3. The molecule has 1 fully saturated rings. The number of ether oxygens (including phenoxy) is 1. The molecule has 1 aromatic carbocycles. The van der Waals surface area contributed by atoms with E-state index in [0.717, 1.165) is 30.8 Å². The first kappa shape index (κ1) is 16.0. The van der Waals surface area contributed by atoms with Gasteiger partial charge >= 0.3 is 0 Å². The molecule has 6 nitrogen and oxygen atoms in total. The standard InChI is InChI=1S/C17H24N4O2/c1-20(2)8-9-21-7-5-13-3-4-14(11-15(13)21)19-17(22)16-12-18-6-10-23-16/h3-5,7,11,16,18H,6,8-10,12H2,1-2H3,(H,19,22). The van der Waals surface area contributed by atoms with Crippen molar-refractivity contribution in [3.8, 4) is 0 Å². The lowest BCUT2D eigenvalue weighted by molar-refractivity contribution is -0.128. The number of morpholine rings is 1. The lowest BCUT2D eigenvalue weighted by atomic mass is 10.2. The number of carbonyl (C=O) groups is 1. The van der Waals surface area contributed by atoms with Crippen molar-refractivity contribution in [3.05, 3.63) is 30.5 Å². The number of likely N-dealkylation sites (N-methyl/N-ethyl adjacent to an activating group) is 1. The molecule has 124 valence electrons. The number of nitrogens with zero attached hydrogens (tertiary/aromatic N) is 2. The number of benzene rings is 1. The van der Waals surface area contributed by atoms with E-state index < -0.39 is 6.10 Å². The SMILES string of the molecule is CN(C)CCn1ccc2ccc(NC(=O)C3CNCCO3)cc21. The summed E-state index contributed by atoms with van der Waals surface area (Å²) >= 11 is 0. The van der Waals surface area contributed by atoms with Crippen molar-refractivity contribution in [2.75, 3.05) is 45.7 Å². The highest BCUT2D eigenvalue weighted by Crippen LogP contribution is 2.21. The minimum absolute atomic E-state index is 0.0945. The Morgan fingerprint density at radius 1 is 1.43 bits per heavy atom. The van der Waals surface area contributed by atoms with E-state index in [1.807, 2.05) is 18.2 Å². The van der Waals surface area contributed by atoms with E-state index in [1.165, 1.54) is 5.39 Å². The monoisotopic (exact) mass is 316 g/mol. The Labute approximate surface area is 136 Å². The van der Waals surface area contributed by atoms with Crippen LogP contribution in [0.15, 0.2) is 30.5 Å². The zero-order chi connectivity index (χ0) is 16.2. The van der Waals surface area contributed by atoms with Crippen LogP contribution in [0, 0.1) is 0 Å². The summed E-state index contributed by atoms with van der Waals surface area (Å²) in [6.45, 7) is 3.83. The highest BCUT2D eigenvalue weighted by atomic mass is 16.5. The van der Waals surface area contributed by atoms with Crippen molar-refractivity contribution in [1.29, 1.82) is 0 Å². The summed E-state index contributed by atoms with van der Waals surface area (Å²) in [5.41, 5.74) is 1.94. The predicted molar refractivity (Wildman–Crippen MR) is 91.7 cm³/mol. The first-order chi connectivity index (χ1) is 11.1. The highest BCUT2D eigenvalue weighted by molar-refractivity contribution is 5.96. The van der Waals surface area contributed by atoms with Crippen LogP contribution in [0.5, 0.6) is 0 Å². The average Bonchev–Trinajstić information content (AvgIpc) is 2.96. The Hall–Kier alpha value is -1.89. The van der Waals surface area contributed by atoms with E-state index in [9.17, 15) is 4.79 Å². The number of fused-ring (bicyclic) bond motifs is 1. The van der Waals surface area contributed by atoms with Gasteiger partial charge in [-0.2, -0.15) is 0 Å². The fourth-order valence-electron chi connectivity index (χ4n) is 2.72. The molecule has 2 aromatic rings. The Balaban J connectivity index is 1.73. The summed E-state index contributed by atoms with van der Waals surface area (Å²) in [5.74, 6) is -0.0945. The molecule has 0 spiro atoms. The molecule has 1 atom stereocenters. The second-order valence-corrected chi connectivity index (χ2v) is 6.14. The fraction of sp³-hybridized carbons (Fsp3) is 0.471. The number of nitrogens with one attached hydrogen (secondary N) is 2. The molecule has 0 saturated carbocycles. The molecule has 23 heavy (non-hydrogen) atoms. The van der Waals surface area contributed by atoms with Gasteiger partial charge in [0.2, 0.25) is 0 Å². The lowest BCUT2D eigenvalue weighted by Crippen LogP contribution is -2.45. The van der Waals surface area contributed by atoms with E-state index in [-0.39, 0.29) is 5.91 Å². The number of carbonyl (C=O) groups excluding carboxylic acids is 1. The van der Waals surface area contributed by atoms with E-state index in [1.54, 1.807) is 0 Å². The van der Waals surface area contributed by atoms with E-state index in [2.05, 4.69) is 46.5 Å². The molecule has 2 heterocycles. The maximum Gasteiger partial charge on any atom is 0.254 e. The van der Waals surface area contributed by atoms with Crippen molar-refractivity contribution in [2.45, 2.75) is 12.6 Å². The van der Waals surface area contributed by atoms with Crippen LogP contribution in [0.2, 0.25) is 0 Å². The van der Waals surface area contributed by atoms with Crippen LogP contribution < -0.4 is 10.6 Å². The third-order valence-electron chi connectivity index (χ3n) is 4.05. The molecular weight excluding hydrogens is 292 g/mol. The molecular formula is C17H24N4O2. The third-order valence-corrected chi connectivity index (χ3v) is 4.05. The van der Waals surface area contributed by atoms with Crippen LogP contribution in [-0.2, 0) is 16.1 Å². The first-order valence-electron chi connectivity index (χ1n) is 8.00. The second-order valence-electron chi connectivity index (χ2n) is 6.14. The summed E-state index contributed by atoms with van der Waals surface area (Å²) in [5, 5.41) is 7.30. The molecule has 1 aliphatic rings. The summed E-state index contributed by atoms with van der Waals surface area (Å²) in [6.07, 6.45) is 1.67. The van der Waals surface area contributed by atoms with Crippen molar-refractivity contribution in [2.24, 2.45) is 0 Å². The van der Waals surface area contributed by atoms with Crippen molar-refractivity contribution in [1.82, 2.24) is 14.8 Å². The van der Waals surface area contributed by atoms with Gasteiger partial charge in [0.15, 0.2) is 0 Å². The lowest BCUT2D eigenvalue weighted by Gasteiger charge is -2.22. The quantitative estimate of drug-likeness (QED) is 0.868. The molecule has 0 radical (unpaired) electrons. The van der Waals surface area contributed by atoms with Gasteiger partial charge in [0.1, 0.15) is 6.10 Å². The molecule has 1 unspecified atom stereocenters. The van der Waals surface area contributed by atoms with Gasteiger partial charge in [-0.25, -0.2) is 0 Å². The average molecular weight is 316 g/mol. The largest absolute Gasteiger partial charge is 0.366 e. The van der Waals surface area contributed by atoms with Gasteiger partial charge in [-0.05, 0) is 37.7 Å². The van der Waals surface area contributed by atoms with E-state index in [0.29, 0.717) is 13.2 Å². The minimum Gasteiger partial charge on any atom is -0.366 e. The fourth-order valence-corrected chi connectivity index (χ4v) is 2.72. The molecule has 1 aliphatic heterocycles. The maximum atomic E-state index is 12.3. The van der Waals surface area contributed by atoms with Crippen LogP contribution in [-0.4, -0.2) is 61.8 Å². The Kier molecular flexibility index (Phi) is 4.95. The Morgan fingerprint density at radius 3 is 3.04 bits per heavy atom. The molecule has 3 rings (SSSR count). The highest BCUT2D eigenvalue weighted by Gasteiger charge is 2.21. The zero-order valence-electron chi connectivity index (χ0n) is 13.7. The van der Waals surface area contributed by atoms with Crippen LogP contribution in [0.4, 0.5) is 5.69 Å². The molecule has 0 aliphatic carbocycles. The number of hydrogen-bond donors (Lipinski definition) is 2. The van der Waals surface area contributed by atoms with Crippen LogP contribution in [0.25, 0.3) is 10.9 Å². The first-order valence-corrected chi connectivity index (χ1v) is 8.00. The number of anilines is 1. The molecule has 1 aromatic heterocycles. The number of amides is 1. The molecule has 6 heteroatoms. The zero-order valence-corrected chi connectivity index (χ0v) is 13.7. The molecule has 2 N–H and O–H groups in total. The van der Waals surface area contributed by atoms with Crippen LogP contribution in [0.3, 0.4) is 0 Å². The van der Waals surface area contributed by atoms with Gasteiger partial charge in [-0.1, -0.05) is 6.07 Å². The second kappa shape index (κ2) is 7.12. The van der Waals surface area contributed by atoms with Crippen molar-refractivity contribution >= 4 is 22.5 Å². The molecule has 0 bridgehead atoms. The van der Waals surface area contributed by atoms with Gasteiger partial charge in [-0.15, -0.1) is 0 Å². The predicted octanol–water partition coefficient (Wildman–Crippen LogP) is 1.13. The topological polar surface area (TPSA) is 58.5 Å². The van der Waals surface area contributed by atoms with E-state index >= 15 is 0 Å². The normalized spacial score (nSPS) is 18.5. The number of rotatable bonds is 5. The van der Waals surface area contributed by atoms with Gasteiger partial charge < -0.3 is 24.8 Å². The van der Waals surface area contributed by atoms with Crippen LogP contribution in [0.1, 0.15) is 0 Å².